The van der Waals surface area contributed by atoms with E-state index in [1.807, 2.05) is 6.92 Å². The first kappa shape index (κ1) is 22.9. The zero-order valence-corrected chi connectivity index (χ0v) is 19.0. The van der Waals surface area contributed by atoms with Gasteiger partial charge in [0.15, 0.2) is 0 Å². The molecule has 0 spiro atoms. The molecule has 0 fully saturated rings. The van der Waals surface area contributed by atoms with Crippen molar-refractivity contribution in [1.29, 1.82) is 0 Å². The molecule has 0 saturated heterocycles. The van der Waals surface area contributed by atoms with Gasteiger partial charge in [-0.3, -0.25) is 4.72 Å². The van der Waals surface area contributed by atoms with Crippen molar-refractivity contribution >= 4 is 60.7 Å². The molecule has 11 heteroatoms. The second kappa shape index (κ2) is 8.97. The Morgan fingerprint density at radius 3 is 2.41 bits per heavy atom. The highest BCUT2D eigenvalue weighted by molar-refractivity contribution is 9.10. The topological polar surface area (TPSA) is 128 Å². The molecule has 5 N–H and O–H groups in total. The van der Waals surface area contributed by atoms with E-state index in [1.54, 1.807) is 44.3 Å². The maximum absolute atomic E-state index is 11.7. The number of halogens is 1. The van der Waals surface area contributed by atoms with Crippen LogP contribution in [0.1, 0.15) is 20.8 Å². The molecule has 158 valence electrons. The van der Waals surface area contributed by atoms with E-state index in [0.717, 1.165) is 0 Å². The van der Waals surface area contributed by atoms with Crippen LogP contribution in [0.2, 0.25) is 0 Å². The summed E-state index contributed by atoms with van der Waals surface area (Å²) in [6.07, 6.45) is 2.94. The summed E-state index contributed by atoms with van der Waals surface area (Å²) in [5.74, 6) is 4.27. The number of hydrogen-bond acceptors (Lipinski definition) is 7. The molecular weight excluding hydrogens is 460 g/mol. The van der Waals surface area contributed by atoms with E-state index < -0.39 is 21.3 Å². The average Bonchev–Trinajstić information content (AvgIpc) is 2.57. The van der Waals surface area contributed by atoms with Crippen LogP contribution in [0.4, 0.5) is 27.9 Å². The van der Waals surface area contributed by atoms with Crippen molar-refractivity contribution in [2.24, 2.45) is 0 Å². The van der Waals surface area contributed by atoms with Gasteiger partial charge in [-0.15, -0.1) is 0 Å². The summed E-state index contributed by atoms with van der Waals surface area (Å²) in [4.78, 5) is 20.4. The zero-order valence-electron chi connectivity index (χ0n) is 16.6. The van der Waals surface area contributed by atoms with Crippen molar-refractivity contribution in [3.63, 3.8) is 0 Å². The molecule has 2 atom stereocenters. The van der Waals surface area contributed by atoms with Gasteiger partial charge >= 0.3 is 6.03 Å². The summed E-state index contributed by atoms with van der Waals surface area (Å²) < 4.78 is 14.4. The maximum Gasteiger partial charge on any atom is 0.330 e. The van der Waals surface area contributed by atoms with Gasteiger partial charge in [-0.1, -0.05) is 0 Å². The van der Waals surface area contributed by atoms with Crippen LogP contribution in [0.25, 0.3) is 0 Å². The minimum atomic E-state index is -2.63. The molecule has 0 saturated carbocycles. The Balaban J connectivity index is 2.06. The third kappa shape index (κ3) is 7.52. The Bertz CT molecular complexity index is 974. The number of rotatable bonds is 7. The van der Waals surface area contributed by atoms with Crippen molar-refractivity contribution < 1.29 is 14.1 Å². The number of benzene rings is 1. The van der Waals surface area contributed by atoms with Crippen LogP contribution in [-0.2, 0) is 9.71 Å². The van der Waals surface area contributed by atoms with E-state index >= 15 is 0 Å². The van der Waals surface area contributed by atoms with E-state index in [-0.39, 0.29) is 6.04 Å². The number of hydrogen-bond donors (Lipinski definition) is 5. The van der Waals surface area contributed by atoms with Crippen molar-refractivity contribution in [3.8, 4) is 0 Å². The molecule has 1 aromatic carbocycles. The van der Waals surface area contributed by atoms with Gasteiger partial charge in [0, 0.05) is 33.5 Å². The Kier molecular flexibility index (Phi) is 7.09. The van der Waals surface area contributed by atoms with Crippen molar-refractivity contribution in [2.75, 3.05) is 22.2 Å². The summed E-state index contributed by atoms with van der Waals surface area (Å²) >= 11 is 3.40. The first-order chi connectivity index (χ1) is 13.3. The molecule has 0 radical (unpaired) electrons. The van der Waals surface area contributed by atoms with Crippen LogP contribution in [0, 0.1) is 0 Å². The van der Waals surface area contributed by atoms with E-state index in [0.29, 0.717) is 27.6 Å². The molecule has 0 aliphatic rings. The second-order valence-electron chi connectivity index (χ2n) is 7.17. The first-order valence-corrected chi connectivity index (χ1v) is 11.6. The molecule has 9 nitrogen and oxygen atoms in total. The number of anilines is 4. The summed E-state index contributed by atoms with van der Waals surface area (Å²) in [7, 11) is -2.63. The highest BCUT2D eigenvalue weighted by atomic mass is 79.9. The normalized spacial score (nSPS) is 14.4. The standard InChI is InChI=1S/C18H25BrN6O3S/c1-11(18(2,3)27)21-15-14(19)10-20-16(24-15)22-12-6-8-13(9-7-12)23-17(26)25-29(4,5)28/h6-11,27H,4H2,1-3,5H3,(H2,20,21,22,24)(H2,23,25,26,28)/t11-,29?/m1/s1. The molecule has 0 aliphatic carbocycles. The molecule has 2 rings (SSSR count). The minimum Gasteiger partial charge on any atom is -0.388 e. The van der Waals surface area contributed by atoms with Gasteiger partial charge in [0.1, 0.15) is 5.82 Å². The molecular formula is C18H25BrN6O3S. The van der Waals surface area contributed by atoms with Crippen molar-refractivity contribution in [1.82, 2.24) is 14.7 Å². The molecule has 0 aliphatic heterocycles. The number of amides is 2. The zero-order chi connectivity index (χ0) is 21.8. The third-order valence-electron chi connectivity index (χ3n) is 3.86. The summed E-state index contributed by atoms with van der Waals surface area (Å²) in [6.45, 7) is 5.28. The number of carbonyl (C=O) groups is 1. The van der Waals surface area contributed by atoms with E-state index in [4.69, 9.17) is 0 Å². The lowest BCUT2D eigenvalue weighted by Gasteiger charge is -2.27. The number of urea groups is 1. The predicted octanol–water partition coefficient (Wildman–Crippen LogP) is 2.94. The number of aromatic nitrogens is 2. The van der Waals surface area contributed by atoms with Gasteiger partial charge < -0.3 is 21.1 Å². The second-order valence-corrected chi connectivity index (χ2v) is 10.2. The number of aliphatic hydroxyl groups is 1. The smallest absolute Gasteiger partial charge is 0.330 e. The summed E-state index contributed by atoms with van der Waals surface area (Å²) in [5.41, 5.74) is 0.303. The van der Waals surface area contributed by atoms with E-state index in [9.17, 15) is 14.1 Å². The quantitative estimate of drug-likeness (QED) is 0.382. The Morgan fingerprint density at radius 1 is 1.28 bits per heavy atom. The van der Waals surface area contributed by atoms with Crippen LogP contribution >= 0.6 is 15.9 Å². The fraction of sp³-hybridized carbons (Fsp3) is 0.333. The van der Waals surface area contributed by atoms with Crippen molar-refractivity contribution in [3.05, 3.63) is 34.9 Å². The molecule has 2 amide bonds. The molecule has 2 aromatic rings. The van der Waals surface area contributed by atoms with Gasteiger partial charge in [0.05, 0.1) is 16.1 Å². The lowest BCUT2D eigenvalue weighted by atomic mass is 10.0. The lowest BCUT2D eigenvalue weighted by Crippen LogP contribution is -2.39. The van der Waals surface area contributed by atoms with Gasteiger partial charge in [0.25, 0.3) is 0 Å². The minimum absolute atomic E-state index is 0.241. The van der Waals surface area contributed by atoms with Crippen LogP contribution in [0.5, 0.6) is 0 Å². The third-order valence-corrected chi connectivity index (χ3v) is 5.06. The van der Waals surface area contributed by atoms with Gasteiger partial charge in [0.2, 0.25) is 5.95 Å². The van der Waals surface area contributed by atoms with E-state index in [1.165, 1.54) is 6.26 Å². The fourth-order valence-corrected chi connectivity index (χ4v) is 2.78. The SMILES string of the molecule is C=S(C)(=O)NC(=O)Nc1ccc(Nc2ncc(Br)c(N[C@H](C)C(C)(C)O)n2)cc1. The number of nitrogens with one attached hydrogen (secondary N) is 4. The molecule has 0 bridgehead atoms. The molecule has 1 aromatic heterocycles. The predicted molar refractivity (Wildman–Crippen MR) is 122 cm³/mol. The van der Waals surface area contributed by atoms with Crippen LogP contribution in [0.15, 0.2) is 34.9 Å². The number of nitrogens with zero attached hydrogens (tertiary/aromatic N) is 2. The lowest BCUT2D eigenvalue weighted by molar-refractivity contribution is 0.0647. The van der Waals surface area contributed by atoms with Crippen LogP contribution < -0.4 is 20.7 Å². The van der Waals surface area contributed by atoms with E-state index in [2.05, 4.69) is 52.4 Å². The molecule has 1 unspecified atom stereocenters. The summed E-state index contributed by atoms with van der Waals surface area (Å²) in [6, 6.07) is 5.99. The molecule has 29 heavy (non-hydrogen) atoms. The summed E-state index contributed by atoms with van der Waals surface area (Å²) in [5, 5.41) is 18.9. The average molecular weight is 485 g/mol. The Labute approximate surface area is 179 Å². The van der Waals surface area contributed by atoms with Gasteiger partial charge in [-0.25, -0.2) is 14.0 Å². The van der Waals surface area contributed by atoms with Gasteiger partial charge in [-0.2, -0.15) is 4.98 Å². The Morgan fingerprint density at radius 2 is 1.86 bits per heavy atom. The largest absolute Gasteiger partial charge is 0.388 e. The Hall–Kier alpha value is -2.37. The maximum atomic E-state index is 11.7. The van der Waals surface area contributed by atoms with Crippen LogP contribution in [0.3, 0.4) is 0 Å². The van der Waals surface area contributed by atoms with Crippen molar-refractivity contribution in [2.45, 2.75) is 32.4 Å². The highest BCUT2D eigenvalue weighted by Crippen LogP contribution is 2.25. The number of carbonyl (C=O) groups excluding carboxylic acids is 1. The van der Waals surface area contributed by atoms with Crippen LogP contribution in [-0.4, -0.2) is 49.1 Å². The highest BCUT2D eigenvalue weighted by Gasteiger charge is 2.23. The molecule has 1 heterocycles. The van der Waals surface area contributed by atoms with Gasteiger partial charge in [-0.05, 0) is 66.8 Å². The fourth-order valence-electron chi connectivity index (χ4n) is 2.03. The first-order valence-electron chi connectivity index (χ1n) is 8.63. The monoisotopic (exact) mass is 484 g/mol.